The number of carbonyl (C=O) groups is 1. The van der Waals surface area contributed by atoms with Crippen LogP contribution < -0.4 is 0 Å². The van der Waals surface area contributed by atoms with E-state index in [9.17, 15) is 15.0 Å². The summed E-state index contributed by atoms with van der Waals surface area (Å²) in [5, 5.41) is 22.3. The van der Waals surface area contributed by atoms with Gasteiger partial charge in [0.2, 0.25) is 0 Å². The van der Waals surface area contributed by atoms with Crippen LogP contribution in [0.25, 0.3) is 0 Å². The van der Waals surface area contributed by atoms with E-state index in [1.54, 1.807) is 0 Å². The SMILES string of the molecule is C[C@]12CC[C@@H]3C[C@]1(C[C@@]3(C)O)[C@H](O)C[C@@H]1[C@@]3(C)CCC[C@]12OC3=O. The van der Waals surface area contributed by atoms with Crippen molar-refractivity contribution in [1.82, 2.24) is 0 Å². The van der Waals surface area contributed by atoms with E-state index in [2.05, 4.69) is 13.8 Å². The number of hydrogen-bond donors (Lipinski definition) is 2. The zero-order valence-electron chi connectivity index (χ0n) is 15.1. The topological polar surface area (TPSA) is 66.8 Å². The van der Waals surface area contributed by atoms with E-state index in [0.717, 1.165) is 38.5 Å². The Morgan fingerprint density at radius 2 is 1.92 bits per heavy atom. The zero-order valence-corrected chi connectivity index (χ0v) is 15.1. The third-order valence-corrected chi connectivity index (χ3v) is 9.60. The van der Waals surface area contributed by atoms with E-state index in [-0.39, 0.29) is 28.6 Å². The predicted octanol–water partition coefficient (Wildman–Crippen LogP) is 2.80. The van der Waals surface area contributed by atoms with Crippen LogP contribution in [0.1, 0.15) is 72.1 Å². The first-order valence-electron chi connectivity index (χ1n) is 9.75. The molecule has 1 aliphatic heterocycles. The van der Waals surface area contributed by atoms with Crippen molar-refractivity contribution in [3.05, 3.63) is 0 Å². The smallest absolute Gasteiger partial charge is 0.312 e. The van der Waals surface area contributed by atoms with Gasteiger partial charge in [0.25, 0.3) is 0 Å². The Kier molecular flexibility index (Phi) is 2.63. The fourth-order valence-corrected chi connectivity index (χ4v) is 8.22. The molecule has 2 N–H and O–H groups in total. The maximum Gasteiger partial charge on any atom is 0.312 e. The summed E-state index contributed by atoms with van der Waals surface area (Å²) in [6.07, 6.45) is 6.49. The summed E-state index contributed by atoms with van der Waals surface area (Å²) in [6, 6.07) is 0. The molecule has 4 heteroatoms. The fourth-order valence-electron chi connectivity index (χ4n) is 8.22. The van der Waals surface area contributed by atoms with Crippen molar-refractivity contribution in [2.75, 3.05) is 0 Å². The molecular weight excluding hydrogens is 304 g/mol. The van der Waals surface area contributed by atoms with E-state index < -0.39 is 22.7 Å². The molecule has 0 aromatic rings. The molecule has 5 aliphatic rings. The van der Waals surface area contributed by atoms with Gasteiger partial charge in [-0.2, -0.15) is 0 Å². The molecule has 1 saturated heterocycles. The predicted molar refractivity (Wildman–Crippen MR) is 88.0 cm³/mol. The van der Waals surface area contributed by atoms with E-state index in [4.69, 9.17) is 4.74 Å². The monoisotopic (exact) mass is 334 g/mol. The largest absolute Gasteiger partial charge is 0.458 e. The van der Waals surface area contributed by atoms with Gasteiger partial charge in [0.15, 0.2) is 0 Å². The quantitative estimate of drug-likeness (QED) is 0.669. The first kappa shape index (κ1) is 15.6. The van der Waals surface area contributed by atoms with Crippen molar-refractivity contribution in [3.8, 4) is 0 Å². The first-order chi connectivity index (χ1) is 11.1. The highest BCUT2D eigenvalue weighted by atomic mass is 16.6. The number of rotatable bonds is 0. The van der Waals surface area contributed by atoms with Crippen LogP contribution in [0.5, 0.6) is 0 Å². The number of aliphatic hydroxyl groups is 2. The molecule has 4 nitrogen and oxygen atoms in total. The summed E-state index contributed by atoms with van der Waals surface area (Å²) in [6.45, 7) is 6.27. The Hall–Kier alpha value is -0.610. The van der Waals surface area contributed by atoms with Crippen LogP contribution in [0.2, 0.25) is 0 Å². The van der Waals surface area contributed by atoms with E-state index in [1.165, 1.54) is 0 Å². The number of esters is 1. The minimum absolute atomic E-state index is 0.0395. The number of carbonyl (C=O) groups excluding carboxylic acids is 1. The van der Waals surface area contributed by atoms with Gasteiger partial charge >= 0.3 is 5.97 Å². The molecule has 5 rings (SSSR count). The van der Waals surface area contributed by atoms with E-state index in [0.29, 0.717) is 12.8 Å². The highest BCUT2D eigenvalue weighted by Gasteiger charge is 2.81. The van der Waals surface area contributed by atoms with Gasteiger partial charge in [-0.15, -0.1) is 0 Å². The Morgan fingerprint density at radius 1 is 1.17 bits per heavy atom. The van der Waals surface area contributed by atoms with Crippen LogP contribution >= 0.6 is 0 Å². The third kappa shape index (κ3) is 1.34. The molecule has 0 aromatic heterocycles. The highest BCUT2D eigenvalue weighted by molar-refractivity contribution is 5.81. The second-order valence-electron chi connectivity index (χ2n) is 10.3. The van der Waals surface area contributed by atoms with Crippen molar-refractivity contribution in [1.29, 1.82) is 0 Å². The lowest BCUT2D eigenvalue weighted by atomic mass is 9.39. The Labute approximate surface area is 144 Å². The molecule has 134 valence electrons. The van der Waals surface area contributed by atoms with Gasteiger partial charge in [-0.05, 0) is 71.1 Å². The molecule has 5 fully saturated rings. The lowest BCUT2D eigenvalue weighted by molar-refractivity contribution is -0.258. The maximum atomic E-state index is 12.8. The van der Waals surface area contributed by atoms with Crippen LogP contribution in [-0.4, -0.2) is 33.5 Å². The minimum atomic E-state index is -0.706. The molecule has 4 aliphatic carbocycles. The lowest BCUT2D eigenvalue weighted by Gasteiger charge is -2.66. The average molecular weight is 334 g/mol. The fraction of sp³-hybridized carbons (Fsp3) is 0.950. The lowest BCUT2D eigenvalue weighted by Crippen LogP contribution is -2.69. The second-order valence-corrected chi connectivity index (χ2v) is 10.3. The molecule has 0 aromatic carbocycles. The van der Waals surface area contributed by atoms with Crippen LogP contribution in [0.4, 0.5) is 0 Å². The van der Waals surface area contributed by atoms with Gasteiger partial charge in [0.05, 0.1) is 17.1 Å². The molecule has 1 spiro atoms. The third-order valence-electron chi connectivity index (χ3n) is 9.60. The van der Waals surface area contributed by atoms with Crippen LogP contribution in [0.3, 0.4) is 0 Å². The molecule has 4 bridgehead atoms. The maximum absolute atomic E-state index is 12.8. The van der Waals surface area contributed by atoms with E-state index >= 15 is 0 Å². The minimum Gasteiger partial charge on any atom is -0.458 e. The van der Waals surface area contributed by atoms with Gasteiger partial charge < -0.3 is 14.9 Å². The molecule has 1 heterocycles. The zero-order chi connectivity index (χ0) is 17.2. The summed E-state index contributed by atoms with van der Waals surface area (Å²) >= 11 is 0. The summed E-state index contributed by atoms with van der Waals surface area (Å²) in [5.41, 5.74) is -2.10. The van der Waals surface area contributed by atoms with Gasteiger partial charge in [0.1, 0.15) is 5.60 Å². The molecule has 0 unspecified atom stereocenters. The van der Waals surface area contributed by atoms with Crippen LogP contribution in [-0.2, 0) is 9.53 Å². The second kappa shape index (κ2) is 4.03. The van der Waals surface area contributed by atoms with Crippen molar-refractivity contribution < 1.29 is 19.7 Å². The first-order valence-corrected chi connectivity index (χ1v) is 9.75. The average Bonchev–Trinajstić information content (AvgIpc) is 2.79. The van der Waals surface area contributed by atoms with Gasteiger partial charge in [-0.1, -0.05) is 6.92 Å². The van der Waals surface area contributed by atoms with Crippen molar-refractivity contribution in [2.45, 2.75) is 89.4 Å². The van der Waals surface area contributed by atoms with Gasteiger partial charge in [-0.3, -0.25) is 4.79 Å². The molecular formula is C20H30O4. The standard InChI is InChI=1S/C20H30O4/c1-16-6-4-7-20(24-15(16)22)13(16)9-14(21)19-10-12(17(2,23)11-19)5-8-18(19,20)3/h12-14,21,23H,4-11H2,1-3H3/t12-,13-,14-,16-,17-,18+,19+,20+/m1/s1. The van der Waals surface area contributed by atoms with Crippen molar-refractivity contribution in [3.63, 3.8) is 0 Å². The van der Waals surface area contributed by atoms with Crippen molar-refractivity contribution >= 4 is 5.97 Å². The molecule has 0 amide bonds. The number of hydrogen-bond acceptors (Lipinski definition) is 4. The summed E-state index contributed by atoms with van der Waals surface area (Å²) in [4.78, 5) is 12.8. The van der Waals surface area contributed by atoms with Crippen molar-refractivity contribution in [2.24, 2.45) is 28.1 Å². The molecule has 24 heavy (non-hydrogen) atoms. The van der Waals surface area contributed by atoms with Crippen LogP contribution in [0.15, 0.2) is 0 Å². The van der Waals surface area contributed by atoms with E-state index in [1.807, 2.05) is 6.92 Å². The Morgan fingerprint density at radius 3 is 2.67 bits per heavy atom. The van der Waals surface area contributed by atoms with Crippen LogP contribution in [0, 0.1) is 28.1 Å². The summed E-state index contributed by atoms with van der Waals surface area (Å²) < 4.78 is 6.28. The Balaban J connectivity index is 1.71. The summed E-state index contributed by atoms with van der Waals surface area (Å²) in [5.74, 6) is 0.349. The number of ether oxygens (including phenoxy) is 1. The number of aliphatic hydroxyl groups excluding tert-OH is 1. The summed E-state index contributed by atoms with van der Waals surface area (Å²) in [7, 11) is 0. The number of fused-ring (bicyclic) bond motifs is 1. The normalized spacial score (nSPS) is 64.4. The Bertz CT molecular complexity index is 629. The molecule has 4 saturated carbocycles. The van der Waals surface area contributed by atoms with Gasteiger partial charge in [-0.25, -0.2) is 0 Å². The molecule has 8 atom stereocenters. The van der Waals surface area contributed by atoms with Gasteiger partial charge in [0, 0.05) is 16.7 Å². The highest BCUT2D eigenvalue weighted by Crippen LogP contribution is 2.78. The molecule has 0 radical (unpaired) electrons.